The first kappa shape index (κ1) is 9.44. The molecule has 0 aromatic rings. The van der Waals surface area contributed by atoms with Crippen LogP contribution in [0, 0.1) is 23.2 Å². The summed E-state index contributed by atoms with van der Waals surface area (Å²) in [6, 6.07) is 0. The third kappa shape index (κ3) is 1.01. The van der Waals surface area contributed by atoms with E-state index in [0.29, 0.717) is 11.8 Å². The van der Waals surface area contributed by atoms with Gasteiger partial charge in [0.1, 0.15) is 0 Å². The maximum atomic E-state index is 9.77. The zero-order chi connectivity index (χ0) is 9.80. The van der Waals surface area contributed by atoms with Crippen LogP contribution < -0.4 is 0 Å². The first-order chi connectivity index (χ1) is 6.04. The Morgan fingerprint density at radius 2 is 2.00 bits per heavy atom. The van der Waals surface area contributed by atoms with Crippen LogP contribution in [0.3, 0.4) is 0 Å². The van der Waals surface area contributed by atoms with Crippen LogP contribution in [-0.2, 0) is 0 Å². The predicted octanol–water partition coefficient (Wildman–Crippen LogP) is -0.00740. The molecule has 0 aromatic carbocycles. The Morgan fingerprint density at radius 1 is 1.38 bits per heavy atom. The van der Waals surface area contributed by atoms with E-state index in [-0.39, 0.29) is 17.9 Å². The highest BCUT2D eigenvalue weighted by molar-refractivity contribution is 5.18. The maximum Gasteiger partial charge on any atom is 0.0882 e. The highest BCUT2D eigenvalue weighted by Crippen LogP contribution is 2.67. The summed E-state index contributed by atoms with van der Waals surface area (Å²) in [4.78, 5) is 0. The lowest BCUT2D eigenvalue weighted by molar-refractivity contribution is -0.0389. The fourth-order valence-electron chi connectivity index (χ4n) is 3.13. The zero-order valence-electron chi connectivity index (χ0n) is 8.14. The van der Waals surface area contributed by atoms with Gasteiger partial charge in [-0.15, -0.1) is 0 Å². The largest absolute Gasteiger partial charge is 0.396 e. The molecule has 0 spiro atoms. The van der Waals surface area contributed by atoms with Crippen LogP contribution >= 0.6 is 0 Å². The molecule has 3 nitrogen and oxygen atoms in total. The van der Waals surface area contributed by atoms with Crippen molar-refractivity contribution in [3.05, 3.63) is 0 Å². The van der Waals surface area contributed by atoms with Gasteiger partial charge in [0, 0.05) is 5.41 Å². The monoisotopic (exact) mass is 186 g/mol. The molecule has 0 saturated heterocycles. The number of aliphatic hydroxyl groups is 3. The van der Waals surface area contributed by atoms with Crippen LogP contribution in [0.1, 0.15) is 20.3 Å². The van der Waals surface area contributed by atoms with Gasteiger partial charge < -0.3 is 15.3 Å². The van der Waals surface area contributed by atoms with Gasteiger partial charge >= 0.3 is 0 Å². The second kappa shape index (κ2) is 2.69. The van der Waals surface area contributed by atoms with Gasteiger partial charge in [-0.25, -0.2) is 0 Å². The van der Waals surface area contributed by atoms with Crippen LogP contribution in [0.15, 0.2) is 0 Å². The second-order valence-corrected chi connectivity index (χ2v) is 4.96. The standard InChI is InChI=1S/C10H18O3/c1-5(2)7-6-3-10(6,4-11)9(13)8(7)12/h5-9,11-13H,3-4H2,1-2H3/t6?,7-,8+,9+,10+/m1/s1. The normalized spacial score (nSPS) is 54.0. The van der Waals surface area contributed by atoms with Gasteiger partial charge in [0.2, 0.25) is 0 Å². The molecule has 2 aliphatic rings. The minimum atomic E-state index is -0.713. The highest BCUT2D eigenvalue weighted by atomic mass is 16.3. The molecule has 0 aliphatic heterocycles. The molecule has 0 amide bonds. The van der Waals surface area contributed by atoms with E-state index in [2.05, 4.69) is 13.8 Å². The molecule has 76 valence electrons. The second-order valence-electron chi connectivity index (χ2n) is 4.96. The Hall–Kier alpha value is -0.120. The maximum absolute atomic E-state index is 9.77. The van der Waals surface area contributed by atoms with Gasteiger partial charge in [-0.3, -0.25) is 0 Å². The first-order valence-corrected chi connectivity index (χ1v) is 5.01. The summed E-state index contributed by atoms with van der Waals surface area (Å²) in [5.41, 5.74) is -0.353. The fraction of sp³-hybridized carbons (Fsp3) is 1.00. The van der Waals surface area contributed by atoms with Crippen molar-refractivity contribution in [3.8, 4) is 0 Å². The third-order valence-corrected chi connectivity index (χ3v) is 4.01. The van der Waals surface area contributed by atoms with Gasteiger partial charge in [0.05, 0.1) is 18.8 Å². The molecule has 1 unspecified atom stereocenters. The molecule has 0 aromatic heterocycles. The lowest BCUT2D eigenvalue weighted by Crippen LogP contribution is -2.36. The van der Waals surface area contributed by atoms with Crippen molar-refractivity contribution in [2.75, 3.05) is 6.61 Å². The van der Waals surface area contributed by atoms with E-state index >= 15 is 0 Å². The van der Waals surface area contributed by atoms with Crippen molar-refractivity contribution in [1.29, 1.82) is 0 Å². The van der Waals surface area contributed by atoms with Crippen LogP contribution in [0.4, 0.5) is 0 Å². The van der Waals surface area contributed by atoms with Gasteiger partial charge in [-0.2, -0.15) is 0 Å². The molecule has 0 heterocycles. The summed E-state index contributed by atoms with van der Waals surface area (Å²) in [5.74, 6) is 0.884. The highest BCUT2D eigenvalue weighted by Gasteiger charge is 2.70. The predicted molar refractivity (Wildman–Crippen MR) is 48.0 cm³/mol. The Bertz CT molecular complexity index is 216. The molecule has 0 bridgehead atoms. The molecule has 3 N–H and O–H groups in total. The van der Waals surface area contributed by atoms with Gasteiger partial charge in [0.15, 0.2) is 0 Å². The topological polar surface area (TPSA) is 60.7 Å². The number of hydrogen-bond acceptors (Lipinski definition) is 3. The molecule has 2 saturated carbocycles. The van der Waals surface area contributed by atoms with E-state index < -0.39 is 12.2 Å². The SMILES string of the molecule is CC(C)[C@@H]1C2C[C@@]2(CO)[C@@H](O)[C@H]1O. The molecule has 13 heavy (non-hydrogen) atoms. The molecule has 5 atom stereocenters. The molecular weight excluding hydrogens is 168 g/mol. The quantitative estimate of drug-likeness (QED) is 0.568. The van der Waals surface area contributed by atoms with Gasteiger partial charge in [-0.05, 0) is 24.2 Å². The van der Waals surface area contributed by atoms with Crippen LogP contribution in [0.25, 0.3) is 0 Å². The van der Waals surface area contributed by atoms with Crippen molar-refractivity contribution in [3.63, 3.8) is 0 Å². The van der Waals surface area contributed by atoms with E-state index in [1.165, 1.54) is 0 Å². The van der Waals surface area contributed by atoms with Crippen LogP contribution in [-0.4, -0.2) is 34.1 Å². The molecule has 2 rings (SSSR count). The summed E-state index contributed by atoms with van der Waals surface area (Å²) in [5, 5.41) is 28.7. The minimum Gasteiger partial charge on any atom is -0.396 e. The van der Waals surface area contributed by atoms with Gasteiger partial charge in [-0.1, -0.05) is 13.8 Å². The number of aliphatic hydroxyl groups excluding tert-OH is 3. The van der Waals surface area contributed by atoms with E-state index in [1.807, 2.05) is 0 Å². The molecule has 0 radical (unpaired) electrons. The molecular formula is C10H18O3. The Balaban J connectivity index is 2.19. The Kier molecular flexibility index (Phi) is 1.95. The van der Waals surface area contributed by atoms with E-state index in [1.54, 1.807) is 0 Å². The van der Waals surface area contributed by atoms with Crippen molar-refractivity contribution < 1.29 is 15.3 Å². The van der Waals surface area contributed by atoms with E-state index in [4.69, 9.17) is 0 Å². The van der Waals surface area contributed by atoms with Crippen molar-refractivity contribution in [1.82, 2.24) is 0 Å². The van der Waals surface area contributed by atoms with Crippen molar-refractivity contribution in [2.45, 2.75) is 32.5 Å². The third-order valence-electron chi connectivity index (χ3n) is 4.01. The summed E-state index contributed by atoms with van der Waals surface area (Å²) < 4.78 is 0. The lowest BCUT2D eigenvalue weighted by Gasteiger charge is -2.24. The summed E-state index contributed by atoms with van der Waals surface area (Å²) >= 11 is 0. The summed E-state index contributed by atoms with van der Waals surface area (Å²) in [6.07, 6.45) is -0.467. The molecule has 2 fully saturated rings. The number of hydrogen-bond donors (Lipinski definition) is 3. The average molecular weight is 186 g/mol. The Labute approximate surface area is 78.4 Å². The fourth-order valence-corrected chi connectivity index (χ4v) is 3.13. The Morgan fingerprint density at radius 3 is 2.31 bits per heavy atom. The molecule has 3 heteroatoms. The minimum absolute atomic E-state index is 0.0130. The first-order valence-electron chi connectivity index (χ1n) is 5.01. The average Bonchev–Trinajstić information content (AvgIpc) is 2.74. The smallest absolute Gasteiger partial charge is 0.0882 e. The number of fused-ring (bicyclic) bond motifs is 1. The number of rotatable bonds is 2. The zero-order valence-corrected chi connectivity index (χ0v) is 8.14. The van der Waals surface area contributed by atoms with Crippen LogP contribution in [0.2, 0.25) is 0 Å². The molecule has 2 aliphatic carbocycles. The van der Waals surface area contributed by atoms with Gasteiger partial charge in [0.25, 0.3) is 0 Å². The van der Waals surface area contributed by atoms with Crippen molar-refractivity contribution >= 4 is 0 Å². The van der Waals surface area contributed by atoms with E-state index in [0.717, 1.165) is 6.42 Å². The summed E-state index contributed by atoms with van der Waals surface area (Å²) in [7, 11) is 0. The summed E-state index contributed by atoms with van der Waals surface area (Å²) in [6.45, 7) is 4.14. The van der Waals surface area contributed by atoms with E-state index in [9.17, 15) is 15.3 Å². The lowest BCUT2D eigenvalue weighted by atomic mass is 9.88. The van der Waals surface area contributed by atoms with Crippen molar-refractivity contribution in [2.24, 2.45) is 23.2 Å². The van der Waals surface area contributed by atoms with Crippen LogP contribution in [0.5, 0.6) is 0 Å².